The highest BCUT2D eigenvalue weighted by Crippen LogP contribution is 2.33. The van der Waals surface area contributed by atoms with Crippen LogP contribution in [0.1, 0.15) is 39.0 Å². The minimum atomic E-state index is -3.46. The van der Waals surface area contributed by atoms with Gasteiger partial charge in [0.15, 0.2) is 0 Å². The number of halogens is 1. The molecule has 3 heterocycles. The van der Waals surface area contributed by atoms with Crippen molar-refractivity contribution in [2.75, 3.05) is 26.2 Å². The third-order valence-corrected chi connectivity index (χ3v) is 9.00. The molecule has 0 aliphatic carbocycles. The van der Waals surface area contributed by atoms with E-state index in [1.54, 1.807) is 12.1 Å². The number of rotatable bonds is 4. The zero-order valence-electron chi connectivity index (χ0n) is 14.5. The predicted molar refractivity (Wildman–Crippen MR) is 100 cm³/mol. The maximum atomic E-state index is 12.7. The molecule has 1 atom stereocenters. The fourth-order valence-electron chi connectivity index (χ4n) is 3.78. The summed E-state index contributed by atoms with van der Waals surface area (Å²) in [5.74, 6) is 0.470. The number of hydrogen-bond acceptors (Lipinski definition) is 4. The lowest BCUT2D eigenvalue weighted by molar-refractivity contribution is -0.138. The molecule has 2 aliphatic heterocycles. The van der Waals surface area contributed by atoms with E-state index in [1.807, 2.05) is 11.8 Å². The van der Waals surface area contributed by atoms with Gasteiger partial charge < -0.3 is 4.90 Å². The summed E-state index contributed by atoms with van der Waals surface area (Å²) in [6.07, 6.45) is 4.87. The van der Waals surface area contributed by atoms with Crippen LogP contribution in [0.15, 0.2) is 16.3 Å². The molecule has 0 N–H and O–H groups in total. The fraction of sp³-hybridized carbons (Fsp3) is 0.706. The molecule has 0 spiro atoms. The van der Waals surface area contributed by atoms with Gasteiger partial charge in [0, 0.05) is 32.1 Å². The van der Waals surface area contributed by atoms with E-state index in [2.05, 4.69) is 0 Å². The van der Waals surface area contributed by atoms with Crippen molar-refractivity contribution in [3.05, 3.63) is 16.5 Å². The Labute approximate surface area is 159 Å². The number of piperidine rings is 2. The lowest BCUT2D eigenvalue weighted by Crippen LogP contribution is -2.44. The molecule has 0 saturated carbocycles. The molecule has 1 aromatic rings. The van der Waals surface area contributed by atoms with E-state index in [0.29, 0.717) is 21.6 Å². The highest BCUT2D eigenvalue weighted by Gasteiger charge is 2.35. The molecule has 2 fully saturated rings. The van der Waals surface area contributed by atoms with Gasteiger partial charge in [-0.3, -0.25) is 4.79 Å². The first-order valence-electron chi connectivity index (χ1n) is 8.94. The van der Waals surface area contributed by atoms with Gasteiger partial charge in [-0.25, -0.2) is 8.42 Å². The Morgan fingerprint density at radius 2 is 1.80 bits per heavy atom. The molecule has 140 valence electrons. The first-order valence-corrected chi connectivity index (χ1v) is 11.6. The highest BCUT2D eigenvalue weighted by atomic mass is 35.5. The summed E-state index contributed by atoms with van der Waals surface area (Å²) in [6, 6.07) is 3.18. The largest absolute Gasteiger partial charge is 0.342 e. The average molecular weight is 405 g/mol. The molecule has 8 heteroatoms. The second-order valence-corrected chi connectivity index (χ2v) is 10.9. The zero-order chi connectivity index (χ0) is 18.0. The zero-order valence-corrected chi connectivity index (χ0v) is 16.9. The molecule has 1 amide bonds. The topological polar surface area (TPSA) is 57.7 Å². The molecule has 3 rings (SSSR count). The number of carbonyl (C=O) groups is 1. The minimum Gasteiger partial charge on any atom is -0.342 e. The number of carbonyl (C=O) groups excluding carboxylic acids is 1. The third-order valence-electron chi connectivity index (χ3n) is 5.41. The second kappa shape index (κ2) is 7.94. The van der Waals surface area contributed by atoms with Gasteiger partial charge in [-0.2, -0.15) is 4.31 Å². The van der Waals surface area contributed by atoms with E-state index in [0.717, 1.165) is 50.1 Å². The van der Waals surface area contributed by atoms with Gasteiger partial charge >= 0.3 is 0 Å². The normalized spacial score (nSPS) is 22.1. The summed E-state index contributed by atoms with van der Waals surface area (Å²) >= 11 is 6.97. The Balaban J connectivity index is 1.58. The maximum Gasteiger partial charge on any atom is 0.252 e. The van der Waals surface area contributed by atoms with Gasteiger partial charge in [-0.05, 0) is 50.2 Å². The summed E-state index contributed by atoms with van der Waals surface area (Å²) in [5.41, 5.74) is 0. The van der Waals surface area contributed by atoms with E-state index in [1.165, 1.54) is 10.7 Å². The van der Waals surface area contributed by atoms with Gasteiger partial charge in [0.25, 0.3) is 10.0 Å². The summed E-state index contributed by atoms with van der Waals surface area (Å²) in [6.45, 7) is 4.69. The van der Waals surface area contributed by atoms with Crippen molar-refractivity contribution in [2.45, 2.75) is 43.2 Å². The van der Waals surface area contributed by atoms with Gasteiger partial charge in [-0.1, -0.05) is 18.5 Å². The van der Waals surface area contributed by atoms with Gasteiger partial charge in [-0.15, -0.1) is 11.3 Å². The SMILES string of the molecule is C[C@@H](C(=O)N1CCCCC1)C1CCN(S(=O)(=O)c2ccc(Cl)s2)CC1. The Morgan fingerprint density at radius 1 is 1.16 bits per heavy atom. The minimum absolute atomic E-state index is 0.0286. The van der Waals surface area contributed by atoms with E-state index < -0.39 is 10.0 Å². The number of hydrogen-bond donors (Lipinski definition) is 0. The first kappa shape index (κ1) is 19.1. The Hall–Kier alpha value is -0.630. The van der Waals surface area contributed by atoms with Gasteiger partial charge in [0.05, 0.1) is 4.34 Å². The number of amides is 1. The smallest absolute Gasteiger partial charge is 0.252 e. The highest BCUT2D eigenvalue weighted by molar-refractivity contribution is 7.91. The van der Waals surface area contributed by atoms with Gasteiger partial charge in [0.1, 0.15) is 4.21 Å². The van der Waals surface area contributed by atoms with Crippen molar-refractivity contribution in [1.82, 2.24) is 9.21 Å². The maximum absolute atomic E-state index is 12.7. The Bertz CT molecular complexity index is 705. The van der Waals surface area contributed by atoms with Crippen molar-refractivity contribution in [2.24, 2.45) is 11.8 Å². The van der Waals surface area contributed by atoms with Crippen LogP contribution in [-0.4, -0.2) is 49.7 Å². The third kappa shape index (κ3) is 4.21. The summed E-state index contributed by atoms with van der Waals surface area (Å²) in [7, 11) is -3.46. The second-order valence-electron chi connectivity index (χ2n) is 6.97. The van der Waals surface area contributed by atoms with Crippen molar-refractivity contribution in [3.8, 4) is 0 Å². The van der Waals surface area contributed by atoms with Gasteiger partial charge in [0.2, 0.25) is 5.91 Å². The molecule has 25 heavy (non-hydrogen) atoms. The van der Waals surface area contributed by atoms with Crippen LogP contribution in [-0.2, 0) is 14.8 Å². The van der Waals surface area contributed by atoms with Crippen LogP contribution in [0.2, 0.25) is 4.34 Å². The van der Waals surface area contributed by atoms with Crippen LogP contribution in [0.25, 0.3) is 0 Å². The molecule has 0 radical (unpaired) electrons. The quantitative estimate of drug-likeness (QED) is 0.772. The lowest BCUT2D eigenvalue weighted by Gasteiger charge is -2.36. The predicted octanol–water partition coefficient (Wildman–Crippen LogP) is 3.45. The molecular weight excluding hydrogens is 380 g/mol. The standard InChI is InChI=1S/C17H25ClN2O3S2/c1-13(17(21)19-9-3-2-4-10-19)14-7-11-20(12-8-14)25(22,23)16-6-5-15(18)24-16/h5-6,13-14H,2-4,7-12H2,1H3/t13-/m1/s1. The van der Waals surface area contributed by atoms with E-state index in [-0.39, 0.29) is 17.7 Å². The van der Waals surface area contributed by atoms with Crippen LogP contribution in [0.5, 0.6) is 0 Å². The average Bonchev–Trinajstić information content (AvgIpc) is 3.08. The van der Waals surface area contributed by atoms with Crippen LogP contribution >= 0.6 is 22.9 Å². The molecule has 2 aliphatic rings. The summed E-state index contributed by atoms with van der Waals surface area (Å²) in [5, 5.41) is 0. The molecule has 0 unspecified atom stereocenters. The number of sulfonamides is 1. The monoisotopic (exact) mass is 404 g/mol. The van der Waals surface area contributed by atoms with E-state index >= 15 is 0 Å². The molecule has 0 bridgehead atoms. The molecule has 0 aromatic carbocycles. The summed E-state index contributed by atoms with van der Waals surface area (Å²) < 4.78 is 27.6. The van der Waals surface area contributed by atoms with Crippen molar-refractivity contribution in [3.63, 3.8) is 0 Å². The lowest BCUT2D eigenvalue weighted by atomic mass is 9.85. The van der Waals surface area contributed by atoms with Crippen LogP contribution in [0.4, 0.5) is 0 Å². The van der Waals surface area contributed by atoms with Crippen molar-refractivity contribution in [1.29, 1.82) is 0 Å². The number of thiophene rings is 1. The fourth-order valence-corrected chi connectivity index (χ4v) is 6.89. The van der Waals surface area contributed by atoms with Crippen LogP contribution in [0, 0.1) is 11.8 Å². The van der Waals surface area contributed by atoms with Crippen molar-refractivity contribution < 1.29 is 13.2 Å². The molecule has 2 saturated heterocycles. The summed E-state index contributed by atoms with van der Waals surface area (Å²) in [4.78, 5) is 14.7. The molecular formula is C17H25ClN2O3S2. The van der Waals surface area contributed by atoms with Crippen LogP contribution in [0.3, 0.4) is 0 Å². The Morgan fingerprint density at radius 3 is 2.36 bits per heavy atom. The first-order chi connectivity index (χ1) is 11.9. The molecule has 1 aromatic heterocycles. The van der Waals surface area contributed by atoms with E-state index in [4.69, 9.17) is 11.6 Å². The molecule has 5 nitrogen and oxygen atoms in total. The number of likely N-dealkylation sites (tertiary alicyclic amines) is 1. The number of nitrogens with zero attached hydrogens (tertiary/aromatic N) is 2. The Kier molecular flexibility index (Phi) is 6.08. The van der Waals surface area contributed by atoms with Crippen LogP contribution < -0.4 is 0 Å². The van der Waals surface area contributed by atoms with Crippen molar-refractivity contribution >= 4 is 38.9 Å². The van der Waals surface area contributed by atoms with E-state index in [9.17, 15) is 13.2 Å².